The smallest absolute Gasteiger partial charge is 0.169 e. The van der Waals surface area contributed by atoms with E-state index in [1.54, 1.807) is 0 Å². The van der Waals surface area contributed by atoms with Crippen LogP contribution in [0, 0.1) is 0 Å². The third-order valence-corrected chi connectivity index (χ3v) is 2.14. The maximum atomic E-state index is 13.4. The van der Waals surface area contributed by atoms with Crippen LogP contribution in [-0.2, 0) is 4.74 Å². The number of rotatable bonds is 3. The molecule has 0 bridgehead atoms. The molecule has 0 radical (unpaired) electrons. The van der Waals surface area contributed by atoms with Gasteiger partial charge in [0.2, 0.25) is 0 Å². The molecule has 0 N–H and O–H groups in total. The van der Waals surface area contributed by atoms with Crippen LogP contribution in [0.1, 0.15) is 13.8 Å². The van der Waals surface area contributed by atoms with Crippen molar-refractivity contribution in [3.8, 4) is 0 Å². The van der Waals surface area contributed by atoms with Gasteiger partial charge in [0.1, 0.15) is 0 Å². The fourth-order valence-corrected chi connectivity index (χ4v) is 1.04. The van der Waals surface area contributed by atoms with Crippen molar-refractivity contribution >= 4 is 0 Å². The normalized spacial score (nSPS) is 22.4. The van der Waals surface area contributed by atoms with E-state index in [-0.39, 0.29) is 13.2 Å². The van der Waals surface area contributed by atoms with Crippen molar-refractivity contribution in [2.24, 2.45) is 0 Å². The fourth-order valence-electron chi connectivity index (χ4n) is 1.04. The lowest BCUT2D eigenvalue weighted by Crippen LogP contribution is -2.54. The third kappa shape index (κ3) is 2.14. The summed E-state index contributed by atoms with van der Waals surface area (Å²) >= 11 is 0. The van der Waals surface area contributed by atoms with E-state index in [4.69, 9.17) is 4.74 Å². The lowest BCUT2D eigenvalue weighted by atomic mass is 10.0. The number of halogens is 1. The molecule has 11 heavy (non-hydrogen) atoms. The molecule has 0 saturated carbocycles. The molecule has 1 aliphatic rings. The van der Waals surface area contributed by atoms with Crippen LogP contribution in [0.3, 0.4) is 0 Å². The quantitative estimate of drug-likeness (QED) is 0.613. The predicted octanol–water partition coefficient (Wildman–Crippen LogP) is 1.07. The average Bonchev–Trinajstić information content (AvgIpc) is 1.84. The van der Waals surface area contributed by atoms with Gasteiger partial charge in [0.15, 0.2) is 5.67 Å². The van der Waals surface area contributed by atoms with Crippen LogP contribution in [0.2, 0.25) is 0 Å². The number of hydrogen-bond donors (Lipinski definition) is 0. The molecule has 2 nitrogen and oxygen atoms in total. The Balaban J connectivity index is 2.29. The van der Waals surface area contributed by atoms with Crippen LogP contribution in [0.5, 0.6) is 0 Å². The summed E-state index contributed by atoms with van der Waals surface area (Å²) in [5.41, 5.74) is -1.07. The molecule has 3 heteroatoms. The monoisotopic (exact) mass is 161 g/mol. The Kier molecular flexibility index (Phi) is 2.50. The summed E-state index contributed by atoms with van der Waals surface area (Å²) in [7, 11) is 1.93. The van der Waals surface area contributed by atoms with Crippen molar-refractivity contribution in [3.63, 3.8) is 0 Å². The van der Waals surface area contributed by atoms with Gasteiger partial charge in [-0.15, -0.1) is 0 Å². The Bertz CT molecular complexity index is 134. The number of hydrogen-bond acceptors (Lipinski definition) is 2. The van der Waals surface area contributed by atoms with Crippen molar-refractivity contribution in [1.29, 1.82) is 0 Å². The van der Waals surface area contributed by atoms with E-state index in [9.17, 15) is 4.39 Å². The van der Waals surface area contributed by atoms with Gasteiger partial charge in [-0.1, -0.05) is 0 Å². The summed E-state index contributed by atoms with van der Waals surface area (Å²) < 4.78 is 18.2. The maximum Gasteiger partial charge on any atom is 0.169 e. The van der Waals surface area contributed by atoms with Crippen molar-refractivity contribution in [3.05, 3.63) is 0 Å². The van der Waals surface area contributed by atoms with Crippen molar-refractivity contribution in [1.82, 2.24) is 4.90 Å². The Labute approximate surface area is 67.3 Å². The van der Waals surface area contributed by atoms with E-state index in [2.05, 4.69) is 13.8 Å². The fraction of sp³-hybridized carbons (Fsp3) is 1.00. The number of nitrogens with zero attached hydrogens (tertiary/aromatic N) is 1. The van der Waals surface area contributed by atoms with Crippen LogP contribution in [0.15, 0.2) is 0 Å². The molecule has 1 heterocycles. The molecule has 0 atom stereocenters. The molecule has 1 aliphatic heterocycles. The van der Waals surface area contributed by atoms with Gasteiger partial charge in [-0.05, 0) is 20.9 Å². The second-order valence-corrected chi connectivity index (χ2v) is 3.65. The number of alkyl halides is 1. The molecule has 1 rings (SSSR count). The topological polar surface area (TPSA) is 12.5 Å². The van der Waals surface area contributed by atoms with Crippen LogP contribution >= 0.6 is 0 Å². The van der Waals surface area contributed by atoms with Gasteiger partial charge < -0.3 is 9.64 Å². The summed E-state index contributed by atoms with van der Waals surface area (Å²) in [5.74, 6) is 0. The third-order valence-electron chi connectivity index (χ3n) is 2.14. The van der Waals surface area contributed by atoms with Gasteiger partial charge in [0, 0.05) is 12.6 Å². The van der Waals surface area contributed by atoms with Gasteiger partial charge in [-0.3, -0.25) is 0 Å². The van der Waals surface area contributed by atoms with Gasteiger partial charge in [-0.25, -0.2) is 4.39 Å². The molecule has 0 aliphatic carbocycles. The molecule has 0 aromatic carbocycles. The molecule has 1 fully saturated rings. The SMILES string of the molecule is CC(C)N(C)CC1(F)COC1. The van der Waals surface area contributed by atoms with Crippen molar-refractivity contribution in [2.75, 3.05) is 26.8 Å². The zero-order chi connectivity index (χ0) is 8.48. The minimum absolute atomic E-state index is 0.268. The molecule has 1 saturated heterocycles. The summed E-state index contributed by atoms with van der Waals surface area (Å²) in [6.07, 6.45) is 0. The van der Waals surface area contributed by atoms with Gasteiger partial charge >= 0.3 is 0 Å². The van der Waals surface area contributed by atoms with Crippen LogP contribution in [0.25, 0.3) is 0 Å². The van der Waals surface area contributed by atoms with Crippen molar-refractivity contribution < 1.29 is 9.13 Å². The number of ether oxygens (including phenoxy) is 1. The summed E-state index contributed by atoms with van der Waals surface area (Å²) in [6, 6.07) is 0.406. The zero-order valence-electron chi connectivity index (χ0n) is 7.43. The Hall–Kier alpha value is -0.150. The van der Waals surface area contributed by atoms with E-state index >= 15 is 0 Å². The highest BCUT2D eigenvalue weighted by Crippen LogP contribution is 2.22. The first-order chi connectivity index (χ1) is 5.03. The highest BCUT2D eigenvalue weighted by Gasteiger charge is 2.39. The van der Waals surface area contributed by atoms with E-state index in [1.807, 2.05) is 11.9 Å². The first-order valence-electron chi connectivity index (χ1n) is 4.00. The molecule has 0 aromatic heterocycles. The van der Waals surface area contributed by atoms with Crippen molar-refractivity contribution in [2.45, 2.75) is 25.6 Å². The van der Waals surface area contributed by atoms with Crippen LogP contribution < -0.4 is 0 Å². The van der Waals surface area contributed by atoms with Gasteiger partial charge in [0.25, 0.3) is 0 Å². The largest absolute Gasteiger partial charge is 0.375 e. The maximum absolute atomic E-state index is 13.4. The first kappa shape index (κ1) is 8.94. The molecular formula is C8H16FNO. The summed E-state index contributed by atoms with van der Waals surface area (Å²) in [6.45, 7) is 5.14. The van der Waals surface area contributed by atoms with Gasteiger partial charge in [-0.2, -0.15) is 0 Å². The summed E-state index contributed by atoms with van der Waals surface area (Å²) in [5, 5.41) is 0. The van der Waals surface area contributed by atoms with Gasteiger partial charge in [0.05, 0.1) is 13.2 Å². The minimum atomic E-state index is -1.07. The molecule has 0 unspecified atom stereocenters. The molecule has 0 spiro atoms. The van der Waals surface area contributed by atoms with E-state index < -0.39 is 5.67 Å². The predicted molar refractivity (Wildman–Crippen MR) is 42.4 cm³/mol. The van der Waals surface area contributed by atoms with Crippen LogP contribution in [-0.4, -0.2) is 43.4 Å². The van der Waals surface area contributed by atoms with E-state index in [0.717, 1.165) is 0 Å². The zero-order valence-corrected chi connectivity index (χ0v) is 7.43. The average molecular weight is 161 g/mol. The molecular weight excluding hydrogens is 145 g/mol. The lowest BCUT2D eigenvalue weighted by molar-refractivity contribution is -0.141. The lowest BCUT2D eigenvalue weighted by Gasteiger charge is -2.37. The first-order valence-corrected chi connectivity index (χ1v) is 4.00. The second kappa shape index (κ2) is 3.07. The Morgan fingerprint density at radius 1 is 1.55 bits per heavy atom. The Morgan fingerprint density at radius 2 is 2.09 bits per heavy atom. The molecule has 66 valence electrons. The highest BCUT2D eigenvalue weighted by atomic mass is 19.1. The minimum Gasteiger partial charge on any atom is -0.375 e. The van der Waals surface area contributed by atoms with Crippen LogP contribution in [0.4, 0.5) is 4.39 Å². The molecule has 0 aromatic rings. The Morgan fingerprint density at radius 3 is 2.36 bits per heavy atom. The van der Waals surface area contributed by atoms with E-state index in [1.165, 1.54) is 0 Å². The highest BCUT2D eigenvalue weighted by molar-refractivity contribution is 4.89. The standard InChI is InChI=1S/C8H16FNO/c1-7(2)10(3)4-8(9)5-11-6-8/h7H,4-6H2,1-3H3. The second-order valence-electron chi connectivity index (χ2n) is 3.65. The molecule has 0 amide bonds. The van der Waals surface area contributed by atoms with E-state index in [0.29, 0.717) is 12.6 Å². The summed E-state index contributed by atoms with van der Waals surface area (Å²) in [4.78, 5) is 2.00.